The van der Waals surface area contributed by atoms with Crippen molar-refractivity contribution in [2.75, 3.05) is 0 Å². The molecule has 1 amide bonds. The van der Waals surface area contributed by atoms with E-state index in [-0.39, 0.29) is 23.6 Å². The van der Waals surface area contributed by atoms with Crippen LogP contribution < -0.4 is 0 Å². The number of allylic oxidation sites excluding steroid dienone is 1. The summed E-state index contributed by atoms with van der Waals surface area (Å²) in [5, 5.41) is 3.77. The van der Waals surface area contributed by atoms with E-state index in [1.165, 1.54) is 29.3 Å². The highest BCUT2D eigenvalue weighted by atomic mass is 19.3. The Hall–Kier alpha value is -1.72. The van der Waals surface area contributed by atoms with Crippen LogP contribution in [0.25, 0.3) is 0 Å². The lowest BCUT2D eigenvalue weighted by atomic mass is 9.94. The zero-order chi connectivity index (χ0) is 16.1. The summed E-state index contributed by atoms with van der Waals surface area (Å²) in [5.74, 6) is 0.474. The number of hydrogen-bond acceptors (Lipinski definition) is 2. The molecule has 2 unspecified atom stereocenters. The van der Waals surface area contributed by atoms with Crippen LogP contribution in [-0.2, 0) is 7.05 Å². The third-order valence-electron chi connectivity index (χ3n) is 5.24. The van der Waals surface area contributed by atoms with Crippen molar-refractivity contribution in [1.29, 1.82) is 0 Å². The quantitative estimate of drug-likeness (QED) is 0.800. The van der Waals surface area contributed by atoms with Crippen LogP contribution in [0.4, 0.5) is 8.78 Å². The summed E-state index contributed by atoms with van der Waals surface area (Å²) in [5.41, 5.74) is 1.13. The second-order valence-electron chi connectivity index (χ2n) is 7.07. The number of nitrogens with zero attached hydrogens (tertiary/aromatic N) is 3. The molecule has 2 atom stereocenters. The van der Waals surface area contributed by atoms with Gasteiger partial charge in [-0.15, -0.1) is 0 Å². The highest BCUT2D eigenvalue weighted by molar-refractivity contribution is 5.96. The van der Waals surface area contributed by atoms with Crippen LogP contribution in [0, 0.1) is 5.92 Å². The maximum atomic E-state index is 13.1. The van der Waals surface area contributed by atoms with Crippen molar-refractivity contribution in [3.05, 3.63) is 29.1 Å². The smallest absolute Gasteiger partial charge is 0.282 e. The zero-order valence-corrected chi connectivity index (χ0v) is 13.2. The molecular weight excluding hydrogens is 300 g/mol. The average Bonchev–Trinajstić information content (AvgIpc) is 3.15. The van der Waals surface area contributed by atoms with Crippen LogP contribution in [0.5, 0.6) is 0 Å². The van der Waals surface area contributed by atoms with E-state index in [0.29, 0.717) is 0 Å². The number of rotatable bonds is 3. The van der Waals surface area contributed by atoms with E-state index in [9.17, 15) is 13.6 Å². The van der Waals surface area contributed by atoms with E-state index in [2.05, 4.69) is 11.2 Å². The van der Waals surface area contributed by atoms with E-state index < -0.39 is 12.1 Å². The second kappa shape index (κ2) is 5.42. The summed E-state index contributed by atoms with van der Waals surface area (Å²) >= 11 is 0. The second-order valence-corrected chi connectivity index (χ2v) is 7.07. The number of carbonyl (C=O) groups is 1. The van der Waals surface area contributed by atoms with Crippen molar-refractivity contribution < 1.29 is 13.6 Å². The predicted molar refractivity (Wildman–Crippen MR) is 81.2 cm³/mol. The van der Waals surface area contributed by atoms with Gasteiger partial charge in [0.15, 0.2) is 0 Å². The fraction of sp³-hybridized carbons (Fsp3) is 0.647. The third-order valence-corrected chi connectivity index (χ3v) is 5.24. The molecule has 3 aliphatic rings. The van der Waals surface area contributed by atoms with Gasteiger partial charge in [0.1, 0.15) is 5.69 Å². The average molecular weight is 321 g/mol. The van der Waals surface area contributed by atoms with Gasteiger partial charge in [-0.25, -0.2) is 8.78 Å². The number of fused-ring (bicyclic) bond motifs is 2. The minimum absolute atomic E-state index is 0.0639. The van der Waals surface area contributed by atoms with E-state index in [1.807, 2.05) is 4.90 Å². The maximum Gasteiger partial charge on any atom is 0.282 e. The Bertz CT molecular complexity index is 647. The zero-order valence-electron chi connectivity index (χ0n) is 13.2. The van der Waals surface area contributed by atoms with Gasteiger partial charge in [0, 0.05) is 25.3 Å². The fourth-order valence-electron chi connectivity index (χ4n) is 4.09. The van der Waals surface area contributed by atoms with Crippen molar-refractivity contribution in [3.63, 3.8) is 0 Å². The molecule has 2 saturated heterocycles. The van der Waals surface area contributed by atoms with Crippen LogP contribution in [0.3, 0.4) is 0 Å². The van der Waals surface area contributed by atoms with Gasteiger partial charge >= 0.3 is 0 Å². The van der Waals surface area contributed by atoms with Crippen LogP contribution in [0.2, 0.25) is 0 Å². The Balaban J connectivity index is 1.58. The van der Waals surface area contributed by atoms with Crippen molar-refractivity contribution in [2.45, 2.75) is 57.0 Å². The standard InChI is InChI=1S/C17H21F2N3O/c1-21-9-14(15(20-21)16(18)19)17(23)22-12-4-5-13(22)8-11(7-12)6-10-2-3-10/h6,9-10,12-13,16H,2-5,7-8H2,1H3. The van der Waals surface area contributed by atoms with Crippen LogP contribution in [0.15, 0.2) is 17.8 Å². The molecule has 23 heavy (non-hydrogen) atoms. The minimum atomic E-state index is -2.72. The lowest BCUT2D eigenvalue weighted by Crippen LogP contribution is -2.44. The Kier molecular flexibility index (Phi) is 3.50. The molecule has 3 fully saturated rings. The summed E-state index contributed by atoms with van der Waals surface area (Å²) < 4.78 is 27.6. The molecule has 124 valence electrons. The molecule has 4 nitrogen and oxygen atoms in total. The first-order valence-corrected chi connectivity index (χ1v) is 8.37. The molecule has 0 aromatic carbocycles. The Morgan fingerprint density at radius 2 is 1.91 bits per heavy atom. The molecule has 1 saturated carbocycles. The number of alkyl halides is 2. The van der Waals surface area contributed by atoms with E-state index in [1.54, 1.807) is 7.05 Å². The van der Waals surface area contributed by atoms with Gasteiger partial charge in [-0.05, 0) is 44.4 Å². The van der Waals surface area contributed by atoms with E-state index in [0.717, 1.165) is 31.6 Å². The molecular formula is C17H21F2N3O. The highest BCUT2D eigenvalue weighted by Crippen LogP contribution is 2.42. The monoisotopic (exact) mass is 321 g/mol. The highest BCUT2D eigenvalue weighted by Gasteiger charge is 2.43. The number of aromatic nitrogens is 2. The van der Waals surface area contributed by atoms with Gasteiger partial charge in [0.2, 0.25) is 0 Å². The van der Waals surface area contributed by atoms with Gasteiger partial charge in [0.05, 0.1) is 5.56 Å². The summed E-state index contributed by atoms with van der Waals surface area (Å²) in [6.45, 7) is 0. The molecule has 4 rings (SSSR count). The van der Waals surface area contributed by atoms with Crippen molar-refractivity contribution in [2.24, 2.45) is 13.0 Å². The molecule has 1 aromatic heterocycles. The molecule has 0 N–H and O–H groups in total. The van der Waals surface area contributed by atoms with Crippen molar-refractivity contribution in [3.8, 4) is 0 Å². The van der Waals surface area contributed by atoms with Gasteiger partial charge in [-0.2, -0.15) is 5.10 Å². The van der Waals surface area contributed by atoms with Gasteiger partial charge < -0.3 is 4.90 Å². The maximum absolute atomic E-state index is 13.1. The molecule has 2 aliphatic heterocycles. The number of piperidine rings is 1. The van der Waals surface area contributed by atoms with Crippen molar-refractivity contribution in [1.82, 2.24) is 14.7 Å². The summed E-state index contributed by atoms with van der Waals surface area (Å²) in [6, 6.07) is 0.328. The fourth-order valence-corrected chi connectivity index (χ4v) is 4.09. The summed E-state index contributed by atoms with van der Waals surface area (Å²) in [7, 11) is 1.57. The summed E-state index contributed by atoms with van der Waals surface area (Å²) in [4.78, 5) is 14.7. The van der Waals surface area contributed by atoms with Gasteiger partial charge in [-0.1, -0.05) is 11.6 Å². The molecule has 3 heterocycles. The lowest BCUT2D eigenvalue weighted by molar-refractivity contribution is 0.0623. The van der Waals surface area contributed by atoms with Crippen LogP contribution in [-0.4, -0.2) is 32.7 Å². The number of hydrogen-bond donors (Lipinski definition) is 0. The Labute approximate surface area is 134 Å². The molecule has 0 spiro atoms. The molecule has 0 radical (unpaired) electrons. The third kappa shape index (κ3) is 2.68. The Morgan fingerprint density at radius 1 is 1.26 bits per heavy atom. The SMILES string of the molecule is Cn1cc(C(=O)N2C3CCC2CC(=CC2CC2)C3)c(C(F)F)n1. The largest absolute Gasteiger partial charge is 0.332 e. The first-order valence-electron chi connectivity index (χ1n) is 8.37. The van der Waals surface area contributed by atoms with Crippen LogP contribution in [0.1, 0.15) is 61.0 Å². The minimum Gasteiger partial charge on any atom is -0.332 e. The van der Waals surface area contributed by atoms with E-state index >= 15 is 0 Å². The van der Waals surface area contributed by atoms with Gasteiger partial charge in [-0.3, -0.25) is 9.48 Å². The predicted octanol–water partition coefficient (Wildman–Crippen LogP) is 3.46. The molecule has 1 aromatic rings. The number of amides is 1. The van der Waals surface area contributed by atoms with E-state index in [4.69, 9.17) is 0 Å². The normalized spacial score (nSPS) is 27.0. The summed E-state index contributed by atoms with van der Waals surface area (Å²) in [6.07, 6.45) is 7.44. The molecule has 2 bridgehead atoms. The topological polar surface area (TPSA) is 38.1 Å². The van der Waals surface area contributed by atoms with Crippen molar-refractivity contribution >= 4 is 5.91 Å². The number of carbonyl (C=O) groups excluding carboxylic acids is 1. The molecule has 6 heteroatoms. The Morgan fingerprint density at radius 3 is 2.48 bits per heavy atom. The first-order chi connectivity index (χ1) is 11.0. The number of aryl methyl sites for hydroxylation is 1. The van der Waals surface area contributed by atoms with Gasteiger partial charge in [0.25, 0.3) is 12.3 Å². The lowest BCUT2D eigenvalue weighted by Gasteiger charge is -2.36. The molecule has 1 aliphatic carbocycles. The number of halogens is 2. The first kappa shape index (κ1) is 14.8. The van der Waals surface area contributed by atoms with Crippen LogP contribution >= 0.6 is 0 Å².